The Morgan fingerprint density at radius 1 is 1.36 bits per heavy atom. The number of carbonyl (C=O) groups is 1. The zero-order valence-electron chi connectivity index (χ0n) is 7.55. The lowest BCUT2D eigenvalue weighted by molar-refractivity contribution is -0.107. The molecule has 0 heterocycles. The largest absolute Gasteiger partial charge is 0.303 e. The van der Waals surface area contributed by atoms with Gasteiger partial charge in [0.25, 0.3) is 0 Å². The predicted molar refractivity (Wildman–Crippen MR) is 48.5 cm³/mol. The normalized spacial score (nSPS) is 13.4. The van der Waals surface area contributed by atoms with Crippen LogP contribution in [0.5, 0.6) is 0 Å². The lowest BCUT2D eigenvalue weighted by atomic mass is 10.1. The molecule has 0 atom stereocenters. The molecule has 0 spiro atoms. The highest BCUT2D eigenvalue weighted by molar-refractivity contribution is 5.54. The van der Waals surface area contributed by atoms with E-state index >= 15 is 0 Å². The Bertz CT molecular complexity index is 175. The molecule has 62 valence electrons. The Morgan fingerprint density at radius 2 is 2.00 bits per heavy atom. The Morgan fingerprint density at radius 3 is 2.45 bits per heavy atom. The zero-order chi connectivity index (χ0) is 8.69. The minimum absolute atomic E-state index is 0.550. The average molecular weight is 152 g/mol. The highest BCUT2D eigenvalue weighted by Gasteiger charge is 1.87. The van der Waals surface area contributed by atoms with E-state index in [1.807, 2.05) is 6.92 Å². The van der Waals surface area contributed by atoms with Crippen LogP contribution in [0.25, 0.3) is 0 Å². The Balaban J connectivity index is 4.06. The van der Waals surface area contributed by atoms with Crippen molar-refractivity contribution in [2.45, 2.75) is 33.6 Å². The van der Waals surface area contributed by atoms with Gasteiger partial charge < -0.3 is 4.79 Å². The van der Waals surface area contributed by atoms with Crippen molar-refractivity contribution in [2.24, 2.45) is 0 Å². The molecule has 0 aliphatic heterocycles. The quantitative estimate of drug-likeness (QED) is 0.447. The van der Waals surface area contributed by atoms with Crippen LogP contribution in [0.3, 0.4) is 0 Å². The highest BCUT2D eigenvalue weighted by Crippen LogP contribution is 2.04. The van der Waals surface area contributed by atoms with Crippen LogP contribution in [-0.2, 0) is 4.79 Å². The summed E-state index contributed by atoms with van der Waals surface area (Å²) >= 11 is 0. The van der Waals surface area contributed by atoms with E-state index in [4.69, 9.17) is 0 Å². The van der Waals surface area contributed by atoms with Crippen LogP contribution in [0.2, 0.25) is 0 Å². The number of aldehydes is 1. The monoisotopic (exact) mass is 152 g/mol. The maximum absolute atomic E-state index is 10.1. The second-order valence-corrected chi connectivity index (χ2v) is 2.72. The van der Waals surface area contributed by atoms with Crippen molar-refractivity contribution in [1.82, 2.24) is 0 Å². The first kappa shape index (κ1) is 10.2. The smallest absolute Gasteiger partial charge is 0.124 e. The Hall–Kier alpha value is -0.850. The van der Waals surface area contributed by atoms with Crippen molar-refractivity contribution in [3.8, 4) is 0 Å². The average Bonchev–Trinajstić information content (AvgIpc) is 1.87. The fraction of sp³-hybridized carbons (Fsp3) is 0.500. The van der Waals surface area contributed by atoms with Crippen molar-refractivity contribution in [3.05, 3.63) is 23.3 Å². The highest BCUT2D eigenvalue weighted by atomic mass is 16.1. The van der Waals surface area contributed by atoms with Gasteiger partial charge in [0.2, 0.25) is 0 Å². The van der Waals surface area contributed by atoms with E-state index in [1.165, 1.54) is 5.57 Å². The summed E-state index contributed by atoms with van der Waals surface area (Å²) in [6.45, 7) is 6.13. The summed E-state index contributed by atoms with van der Waals surface area (Å²) in [4.78, 5) is 10.1. The molecule has 0 aromatic rings. The molecule has 0 bridgehead atoms. The molecule has 0 saturated heterocycles. The summed E-state index contributed by atoms with van der Waals surface area (Å²) in [5.74, 6) is 0. The van der Waals surface area contributed by atoms with E-state index in [9.17, 15) is 4.79 Å². The van der Waals surface area contributed by atoms with Crippen LogP contribution in [0, 0.1) is 0 Å². The van der Waals surface area contributed by atoms with Crippen molar-refractivity contribution in [1.29, 1.82) is 0 Å². The van der Waals surface area contributed by atoms with Gasteiger partial charge in [-0.15, -0.1) is 0 Å². The van der Waals surface area contributed by atoms with Gasteiger partial charge in [0, 0.05) is 6.42 Å². The van der Waals surface area contributed by atoms with E-state index in [1.54, 1.807) is 0 Å². The lowest BCUT2D eigenvalue weighted by Crippen LogP contribution is -1.79. The first-order valence-corrected chi connectivity index (χ1v) is 3.98. The number of hydrogen-bond acceptors (Lipinski definition) is 1. The van der Waals surface area contributed by atoms with Gasteiger partial charge >= 0.3 is 0 Å². The molecule has 0 aromatic carbocycles. The fourth-order valence-corrected chi connectivity index (χ4v) is 0.960. The molecule has 0 radical (unpaired) electrons. The molecular formula is C10H16O. The van der Waals surface area contributed by atoms with Gasteiger partial charge in [0.05, 0.1) is 0 Å². The SMILES string of the molecule is CC/C=C(C)\C=C(\C)CC=O. The van der Waals surface area contributed by atoms with E-state index in [0.29, 0.717) is 6.42 Å². The van der Waals surface area contributed by atoms with Crippen molar-refractivity contribution >= 4 is 6.29 Å². The van der Waals surface area contributed by atoms with Crippen molar-refractivity contribution < 1.29 is 4.79 Å². The number of allylic oxidation sites excluding steroid dienone is 4. The Kier molecular flexibility index (Phi) is 5.44. The van der Waals surface area contributed by atoms with E-state index in [-0.39, 0.29) is 0 Å². The second kappa shape index (κ2) is 5.90. The van der Waals surface area contributed by atoms with Crippen LogP contribution in [0.15, 0.2) is 23.3 Å². The third kappa shape index (κ3) is 5.59. The third-order valence-electron chi connectivity index (χ3n) is 1.41. The lowest BCUT2D eigenvalue weighted by Gasteiger charge is -1.94. The summed E-state index contributed by atoms with van der Waals surface area (Å²) in [5, 5.41) is 0. The van der Waals surface area contributed by atoms with Gasteiger partial charge in [-0.25, -0.2) is 0 Å². The molecule has 0 fully saturated rings. The molecule has 0 aromatic heterocycles. The topological polar surface area (TPSA) is 17.1 Å². The van der Waals surface area contributed by atoms with Crippen molar-refractivity contribution in [3.63, 3.8) is 0 Å². The van der Waals surface area contributed by atoms with Gasteiger partial charge in [0.15, 0.2) is 0 Å². The minimum Gasteiger partial charge on any atom is -0.303 e. The molecular weight excluding hydrogens is 136 g/mol. The molecule has 0 saturated carbocycles. The first-order valence-electron chi connectivity index (χ1n) is 3.98. The maximum atomic E-state index is 10.1. The van der Waals surface area contributed by atoms with Crippen molar-refractivity contribution in [2.75, 3.05) is 0 Å². The third-order valence-corrected chi connectivity index (χ3v) is 1.41. The zero-order valence-corrected chi connectivity index (χ0v) is 7.55. The molecule has 0 unspecified atom stereocenters. The minimum atomic E-state index is 0.550. The fourth-order valence-electron chi connectivity index (χ4n) is 0.960. The van der Waals surface area contributed by atoms with E-state index in [0.717, 1.165) is 18.3 Å². The van der Waals surface area contributed by atoms with Gasteiger partial charge in [0.1, 0.15) is 6.29 Å². The van der Waals surface area contributed by atoms with Gasteiger partial charge in [-0.3, -0.25) is 0 Å². The van der Waals surface area contributed by atoms with E-state index in [2.05, 4.69) is 26.0 Å². The summed E-state index contributed by atoms with van der Waals surface area (Å²) in [5.41, 5.74) is 2.37. The molecule has 0 amide bonds. The summed E-state index contributed by atoms with van der Waals surface area (Å²) in [6.07, 6.45) is 6.74. The molecule has 11 heavy (non-hydrogen) atoms. The van der Waals surface area contributed by atoms with Crippen LogP contribution >= 0.6 is 0 Å². The predicted octanol–water partition coefficient (Wildman–Crippen LogP) is 2.88. The van der Waals surface area contributed by atoms with Crippen LogP contribution in [0.4, 0.5) is 0 Å². The molecule has 1 nitrogen and oxygen atoms in total. The number of hydrogen-bond donors (Lipinski definition) is 0. The summed E-state index contributed by atoms with van der Waals surface area (Å²) in [7, 11) is 0. The summed E-state index contributed by atoms with van der Waals surface area (Å²) in [6, 6.07) is 0. The van der Waals surface area contributed by atoms with Gasteiger partial charge in [-0.1, -0.05) is 30.2 Å². The van der Waals surface area contributed by atoms with Crippen LogP contribution in [0.1, 0.15) is 33.6 Å². The standard InChI is InChI=1S/C10H16O/c1-4-5-9(2)8-10(3)6-7-11/h5,7-8H,4,6H2,1-3H3/b9-5-,10-8-. The molecule has 0 rings (SSSR count). The maximum Gasteiger partial charge on any atom is 0.124 e. The van der Waals surface area contributed by atoms with Crippen LogP contribution in [-0.4, -0.2) is 6.29 Å². The Labute approximate surface area is 68.8 Å². The molecule has 0 N–H and O–H groups in total. The van der Waals surface area contributed by atoms with Crippen LogP contribution < -0.4 is 0 Å². The number of rotatable bonds is 4. The second-order valence-electron chi connectivity index (χ2n) is 2.72. The van der Waals surface area contributed by atoms with E-state index < -0.39 is 0 Å². The number of carbonyl (C=O) groups excluding carboxylic acids is 1. The molecule has 0 aliphatic rings. The summed E-state index contributed by atoms with van der Waals surface area (Å²) < 4.78 is 0. The molecule has 0 aliphatic carbocycles. The van der Waals surface area contributed by atoms with Gasteiger partial charge in [-0.05, 0) is 20.3 Å². The van der Waals surface area contributed by atoms with Gasteiger partial charge in [-0.2, -0.15) is 0 Å². The molecule has 1 heteroatoms. The first-order chi connectivity index (χ1) is 5.20.